The van der Waals surface area contributed by atoms with Crippen LogP contribution < -0.4 is 10.2 Å². The van der Waals surface area contributed by atoms with Gasteiger partial charge >= 0.3 is 0 Å². The van der Waals surface area contributed by atoms with Crippen LogP contribution in [0, 0.1) is 11.8 Å². The van der Waals surface area contributed by atoms with Gasteiger partial charge in [-0.2, -0.15) is 0 Å². The molecule has 1 aliphatic heterocycles. The summed E-state index contributed by atoms with van der Waals surface area (Å²) in [5.41, 5.74) is 2.73. The molecule has 94 valence electrons. The first-order valence-corrected chi connectivity index (χ1v) is 6.64. The number of rotatable bonds is 3. The molecule has 1 aromatic carbocycles. The Balaban J connectivity index is 2.08. The van der Waals surface area contributed by atoms with Crippen molar-refractivity contribution in [1.82, 2.24) is 5.32 Å². The molecule has 1 saturated heterocycles. The van der Waals surface area contributed by atoms with Crippen LogP contribution in [-0.4, -0.2) is 20.1 Å². The average Bonchev–Trinajstić information content (AvgIpc) is 2.69. The van der Waals surface area contributed by atoms with Crippen LogP contribution in [0.25, 0.3) is 0 Å². The molecule has 0 aromatic heterocycles. The summed E-state index contributed by atoms with van der Waals surface area (Å²) >= 11 is 0. The van der Waals surface area contributed by atoms with Crippen LogP contribution in [0.5, 0.6) is 0 Å². The Morgan fingerprint density at radius 2 is 1.65 bits per heavy atom. The number of benzene rings is 1. The molecule has 1 N–H and O–H groups in total. The van der Waals surface area contributed by atoms with Gasteiger partial charge in [-0.25, -0.2) is 0 Å². The lowest BCUT2D eigenvalue weighted by atomic mass is 10.0. The highest BCUT2D eigenvalue weighted by molar-refractivity contribution is 5.49. The van der Waals surface area contributed by atoms with E-state index in [0.29, 0.717) is 6.04 Å². The maximum Gasteiger partial charge on any atom is 0.0366 e. The smallest absolute Gasteiger partial charge is 0.0366 e. The summed E-state index contributed by atoms with van der Waals surface area (Å²) in [6.45, 7) is 9.28. The van der Waals surface area contributed by atoms with E-state index in [0.717, 1.165) is 11.8 Å². The van der Waals surface area contributed by atoms with Gasteiger partial charge in [-0.05, 0) is 43.5 Å². The van der Waals surface area contributed by atoms with Gasteiger partial charge in [0.2, 0.25) is 0 Å². The van der Waals surface area contributed by atoms with Gasteiger partial charge in [0.05, 0.1) is 0 Å². The third kappa shape index (κ3) is 2.63. The van der Waals surface area contributed by atoms with Crippen molar-refractivity contribution in [2.24, 2.45) is 11.8 Å². The van der Waals surface area contributed by atoms with E-state index in [1.54, 1.807) is 0 Å². The van der Waals surface area contributed by atoms with Gasteiger partial charge < -0.3 is 10.2 Å². The Morgan fingerprint density at radius 3 is 2.12 bits per heavy atom. The van der Waals surface area contributed by atoms with E-state index in [4.69, 9.17) is 0 Å². The summed E-state index contributed by atoms with van der Waals surface area (Å²) < 4.78 is 0. The molecule has 3 atom stereocenters. The number of nitrogens with zero attached hydrogens (tertiary/aromatic N) is 1. The predicted octanol–water partition coefficient (Wildman–Crippen LogP) is 3.06. The van der Waals surface area contributed by atoms with Gasteiger partial charge in [0.25, 0.3) is 0 Å². The fourth-order valence-corrected chi connectivity index (χ4v) is 2.48. The van der Waals surface area contributed by atoms with E-state index in [2.05, 4.69) is 55.3 Å². The molecule has 1 aliphatic rings. The lowest BCUT2D eigenvalue weighted by molar-refractivity contribution is 0.494. The highest BCUT2D eigenvalue weighted by atomic mass is 15.2. The van der Waals surface area contributed by atoms with Gasteiger partial charge in [0.1, 0.15) is 0 Å². The highest BCUT2D eigenvalue weighted by Gasteiger charge is 2.25. The fraction of sp³-hybridized carbons (Fsp3) is 0.600. The first-order chi connectivity index (χ1) is 8.11. The maximum absolute atomic E-state index is 3.27. The van der Waals surface area contributed by atoms with E-state index in [-0.39, 0.29) is 0 Å². The molecule has 17 heavy (non-hydrogen) atoms. The molecule has 1 heterocycles. The third-order valence-corrected chi connectivity index (χ3v) is 4.18. The van der Waals surface area contributed by atoms with E-state index in [1.807, 2.05) is 7.05 Å². The quantitative estimate of drug-likeness (QED) is 0.861. The fourth-order valence-electron chi connectivity index (χ4n) is 2.48. The molecular formula is C15H24N2. The normalized spacial score (nSPS) is 26.2. The first-order valence-electron chi connectivity index (χ1n) is 6.64. The second-order valence-corrected chi connectivity index (χ2v) is 5.46. The molecular weight excluding hydrogens is 208 g/mol. The molecule has 0 spiro atoms. The van der Waals surface area contributed by atoms with E-state index < -0.39 is 0 Å². The van der Waals surface area contributed by atoms with Crippen molar-refractivity contribution < 1.29 is 0 Å². The Hall–Kier alpha value is -1.02. The van der Waals surface area contributed by atoms with Crippen molar-refractivity contribution in [2.75, 3.05) is 25.0 Å². The Bertz CT molecular complexity index is 348. The second-order valence-electron chi connectivity index (χ2n) is 5.46. The summed E-state index contributed by atoms with van der Waals surface area (Å²) in [5.74, 6) is 1.62. The second kappa shape index (κ2) is 5.09. The van der Waals surface area contributed by atoms with Crippen LogP contribution in [-0.2, 0) is 0 Å². The zero-order valence-corrected chi connectivity index (χ0v) is 11.4. The minimum atomic E-state index is 0.431. The Morgan fingerprint density at radius 1 is 1.12 bits per heavy atom. The molecule has 0 radical (unpaired) electrons. The lowest BCUT2D eigenvalue weighted by Crippen LogP contribution is -2.19. The largest absolute Gasteiger partial charge is 0.371 e. The number of nitrogens with one attached hydrogen (secondary N) is 1. The van der Waals surface area contributed by atoms with Crippen LogP contribution >= 0.6 is 0 Å². The zero-order chi connectivity index (χ0) is 12.4. The molecule has 0 amide bonds. The topological polar surface area (TPSA) is 15.3 Å². The molecule has 0 aliphatic carbocycles. The molecule has 0 saturated carbocycles. The van der Waals surface area contributed by atoms with E-state index in [1.165, 1.54) is 24.3 Å². The van der Waals surface area contributed by atoms with Crippen molar-refractivity contribution in [2.45, 2.75) is 26.8 Å². The molecule has 2 nitrogen and oxygen atoms in total. The lowest BCUT2D eigenvalue weighted by Gasteiger charge is -2.19. The number of anilines is 1. The third-order valence-electron chi connectivity index (χ3n) is 4.18. The van der Waals surface area contributed by atoms with Crippen molar-refractivity contribution in [3.05, 3.63) is 29.8 Å². The summed E-state index contributed by atoms with van der Waals surface area (Å²) in [5, 5.41) is 3.27. The van der Waals surface area contributed by atoms with Gasteiger partial charge in [-0.15, -0.1) is 0 Å². The van der Waals surface area contributed by atoms with Crippen LogP contribution in [0.3, 0.4) is 0 Å². The van der Waals surface area contributed by atoms with E-state index >= 15 is 0 Å². The van der Waals surface area contributed by atoms with Gasteiger partial charge in [0.15, 0.2) is 0 Å². The minimum Gasteiger partial charge on any atom is -0.371 e. The summed E-state index contributed by atoms with van der Waals surface area (Å²) in [6, 6.07) is 9.43. The number of hydrogen-bond acceptors (Lipinski definition) is 2. The van der Waals surface area contributed by atoms with Crippen LogP contribution in [0.4, 0.5) is 5.69 Å². The Kier molecular flexibility index (Phi) is 3.72. The maximum atomic E-state index is 3.27. The first kappa shape index (κ1) is 12.4. The molecule has 0 bridgehead atoms. The Labute approximate surface area is 105 Å². The molecule has 2 heteroatoms. The van der Waals surface area contributed by atoms with Gasteiger partial charge in [-0.3, -0.25) is 0 Å². The molecule has 1 aromatic rings. The van der Waals surface area contributed by atoms with Crippen molar-refractivity contribution in [1.29, 1.82) is 0 Å². The minimum absolute atomic E-state index is 0.431. The summed E-state index contributed by atoms with van der Waals surface area (Å²) in [4.78, 5) is 2.50. The summed E-state index contributed by atoms with van der Waals surface area (Å²) in [7, 11) is 2.00. The molecule has 1 fully saturated rings. The van der Waals surface area contributed by atoms with Crippen molar-refractivity contribution >= 4 is 5.69 Å². The molecule has 3 unspecified atom stereocenters. The number of hydrogen-bond donors (Lipinski definition) is 1. The van der Waals surface area contributed by atoms with Gasteiger partial charge in [-0.1, -0.05) is 26.0 Å². The highest BCUT2D eigenvalue weighted by Crippen LogP contribution is 2.28. The van der Waals surface area contributed by atoms with Crippen molar-refractivity contribution in [3.63, 3.8) is 0 Å². The van der Waals surface area contributed by atoms with E-state index in [9.17, 15) is 0 Å². The van der Waals surface area contributed by atoms with Crippen molar-refractivity contribution in [3.8, 4) is 0 Å². The van der Waals surface area contributed by atoms with Crippen LogP contribution in [0.1, 0.15) is 32.4 Å². The average molecular weight is 232 g/mol. The standard InChI is InChI=1S/C15H24N2/c1-11-9-17(10-12(11)2)15-7-5-14(6-8-15)13(3)16-4/h5-8,11-13,16H,9-10H2,1-4H3. The summed E-state index contributed by atoms with van der Waals surface area (Å²) in [6.07, 6.45) is 0. The monoisotopic (exact) mass is 232 g/mol. The predicted molar refractivity (Wildman–Crippen MR) is 74.5 cm³/mol. The van der Waals surface area contributed by atoms with Crippen LogP contribution in [0.15, 0.2) is 24.3 Å². The van der Waals surface area contributed by atoms with Crippen LogP contribution in [0.2, 0.25) is 0 Å². The zero-order valence-electron chi connectivity index (χ0n) is 11.4. The van der Waals surface area contributed by atoms with Gasteiger partial charge in [0, 0.05) is 24.8 Å². The SMILES string of the molecule is CNC(C)c1ccc(N2CC(C)C(C)C2)cc1. The molecule has 2 rings (SSSR count).